The first-order valence-corrected chi connectivity index (χ1v) is 12.0. The van der Waals surface area contributed by atoms with Crippen molar-refractivity contribution in [3.8, 4) is 34.2 Å². The molecule has 0 saturated heterocycles. The number of para-hydroxylation sites is 1. The third-order valence-electron chi connectivity index (χ3n) is 5.82. The second-order valence-corrected chi connectivity index (χ2v) is 8.20. The van der Waals surface area contributed by atoms with Gasteiger partial charge in [0.05, 0.1) is 32.2 Å². The fourth-order valence-electron chi connectivity index (χ4n) is 3.94. The third kappa shape index (κ3) is 6.05. The molecule has 36 heavy (non-hydrogen) atoms. The first-order chi connectivity index (χ1) is 17.6. The number of carbonyl (C=O) groups excluding carboxylic acids is 1. The molecule has 186 valence electrons. The second-order valence-electron chi connectivity index (χ2n) is 8.20. The molecule has 1 N–H and O–H groups in total. The maximum absolute atomic E-state index is 12.7. The molecule has 3 aromatic carbocycles. The molecule has 4 aromatic rings. The van der Waals surface area contributed by atoms with Gasteiger partial charge in [-0.05, 0) is 66.9 Å². The molecule has 0 fully saturated rings. The van der Waals surface area contributed by atoms with Crippen molar-refractivity contribution in [1.82, 2.24) is 15.1 Å². The number of rotatable bonds is 11. The van der Waals surface area contributed by atoms with E-state index in [0.29, 0.717) is 37.5 Å². The van der Waals surface area contributed by atoms with E-state index in [1.54, 1.807) is 14.2 Å². The summed E-state index contributed by atoms with van der Waals surface area (Å²) in [4.78, 5) is 12.7. The molecule has 1 amide bonds. The number of aryl methyl sites for hydroxylation is 1. The van der Waals surface area contributed by atoms with Gasteiger partial charge in [0.15, 0.2) is 0 Å². The quantitative estimate of drug-likeness (QED) is 0.316. The van der Waals surface area contributed by atoms with Gasteiger partial charge in [-0.2, -0.15) is 5.10 Å². The Labute approximate surface area is 211 Å². The number of hydrogen-bond acceptors (Lipinski definition) is 5. The Kier molecular flexibility index (Phi) is 8.24. The molecule has 0 spiro atoms. The number of hydrogen-bond donors (Lipinski definition) is 1. The van der Waals surface area contributed by atoms with E-state index in [9.17, 15) is 4.79 Å². The lowest BCUT2D eigenvalue weighted by atomic mass is 10.0. The van der Waals surface area contributed by atoms with E-state index in [2.05, 4.69) is 5.32 Å². The van der Waals surface area contributed by atoms with Crippen LogP contribution in [0.2, 0.25) is 0 Å². The minimum absolute atomic E-state index is 0.0279. The van der Waals surface area contributed by atoms with E-state index in [-0.39, 0.29) is 5.91 Å². The Hall–Kier alpha value is -4.26. The molecule has 0 aliphatic carbocycles. The lowest BCUT2D eigenvalue weighted by molar-refractivity contribution is -0.121. The average Bonchev–Trinajstić information content (AvgIpc) is 3.36. The smallest absolute Gasteiger partial charge is 0.220 e. The van der Waals surface area contributed by atoms with Crippen LogP contribution in [0.3, 0.4) is 0 Å². The second kappa shape index (κ2) is 11.9. The molecule has 1 aromatic heterocycles. The Morgan fingerprint density at radius 2 is 1.69 bits per heavy atom. The van der Waals surface area contributed by atoms with Crippen LogP contribution >= 0.6 is 0 Å². The van der Waals surface area contributed by atoms with E-state index in [0.717, 1.165) is 33.8 Å². The molecule has 1 heterocycles. The van der Waals surface area contributed by atoms with E-state index in [1.807, 2.05) is 90.6 Å². The van der Waals surface area contributed by atoms with Crippen molar-refractivity contribution in [2.45, 2.75) is 26.3 Å². The summed E-state index contributed by atoms with van der Waals surface area (Å²) in [5.74, 6) is 2.19. The summed E-state index contributed by atoms with van der Waals surface area (Å²) in [7, 11) is 3.26. The highest BCUT2D eigenvalue weighted by Crippen LogP contribution is 2.35. The summed E-state index contributed by atoms with van der Waals surface area (Å²) in [6.45, 7) is 3.04. The highest BCUT2D eigenvalue weighted by Gasteiger charge is 2.18. The third-order valence-corrected chi connectivity index (χ3v) is 5.82. The van der Waals surface area contributed by atoms with Gasteiger partial charge in [-0.1, -0.05) is 30.3 Å². The van der Waals surface area contributed by atoms with Gasteiger partial charge in [-0.3, -0.25) is 4.79 Å². The lowest BCUT2D eigenvalue weighted by Crippen LogP contribution is -2.23. The number of nitrogens with one attached hydrogen (secondary N) is 1. The molecule has 0 bridgehead atoms. The summed E-state index contributed by atoms with van der Waals surface area (Å²) in [5.41, 5.74) is 4.48. The molecular weight excluding hydrogens is 454 g/mol. The summed E-state index contributed by atoms with van der Waals surface area (Å²) in [6, 6.07) is 23.3. The Balaban J connectivity index is 1.52. The minimum Gasteiger partial charge on any atom is -0.497 e. The molecule has 0 unspecified atom stereocenters. The van der Waals surface area contributed by atoms with E-state index < -0.39 is 0 Å². The Morgan fingerprint density at radius 3 is 2.39 bits per heavy atom. The van der Waals surface area contributed by atoms with Crippen LogP contribution in [0.5, 0.6) is 17.2 Å². The Bertz CT molecular complexity index is 1280. The number of aromatic nitrogens is 2. The molecular formula is C29H31N3O4. The van der Waals surface area contributed by atoms with Gasteiger partial charge in [0.25, 0.3) is 0 Å². The van der Waals surface area contributed by atoms with Crippen molar-refractivity contribution < 1.29 is 19.0 Å². The van der Waals surface area contributed by atoms with E-state index in [1.165, 1.54) is 0 Å². The highest BCUT2D eigenvalue weighted by molar-refractivity contribution is 5.77. The van der Waals surface area contributed by atoms with Crippen LogP contribution in [-0.2, 0) is 17.8 Å². The van der Waals surface area contributed by atoms with Gasteiger partial charge in [-0.25, -0.2) is 4.68 Å². The highest BCUT2D eigenvalue weighted by atomic mass is 16.5. The van der Waals surface area contributed by atoms with Crippen molar-refractivity contribution in [1.29, 1.82) is 0 Å². The number of ether oxygens (including phenoxy) is 3. The maximum atomic E-state index is 12.7. The number of nitrogens with zero attached hydrogens (tertiary/aromatic N) is 2. The molecule has 4 rings (SSSR count). The van der Waals surface area contributed by atoms with Gasteiger partial charge in [0.2, 0.25) is 5.91 Å². The first-order valence-electron chi connectivity index (χ1n) is 12.0. The zero-order valence-electron chi connectivity index (χ0n) is 20.9. The van der Waals surface area contributed by atoms with Gasteiger partial charge in [-0.15, -0.1) is 0 Å². The molecule has 7 heteroatoms. The van der Waals surface area contributed by atoms with Gasteiger partial charge in [0.1, 0.15) is 17.2 Å². The topological polar surface area (TPSA) is 74.6 Å². The molecule has 0 aliphatic heterocycles. The molecule has 7 nitrogen and oxygen atoms in total. The standard InChI is InChI=1S/C29H31N3O4/c1-4-36-24-13-10-21(11-14-24)19-30-28(33)17-12-22-20-32(23-8-6-5-7-9-23)31-29(22)26-18-25(34-2)15-16-27(26)35-3/h5-11,13-16,18,20H,4,12,17,19H2,1-3H3,(H,30,33). The monoisotopic (exact) mass is 485 g/mol. The van der Waals surface area contributed by atoms with Crippen molar-refractivity contribution in [3.05, 3.63) is 90.1 Å². The summed E-state index contributed by atoms with van der Waals surface area (Å²) >= 11 is 0. The van der Waals surface area contributed by atoms with Crippen molar-refractivity contribution in [2.24, 2.45) is 0 Å². The van der Waals surface area contributed by atoms with Crippen LogP contribution in [0.1, 0.15) is 24.5 Å². The van der Waals surface area contributed by atoms with Gasteiger partial charge < -0.3 is 19.5 Å². The predicted molar refractivity (Wildman–Crippen MR) is 140 cm³/mol. The zero-order chi connectivity index (χ0) is 25.3. The van der Waals surface area contributed by atoms with Crippen LogP contribution in [-0.4, -0.2) is 36.5 Å². The SMILES string of the molecule is CCOc1ccc(CNC(=O)CCc2cn(-c3ccccc3)nc2-c2cc(OC)ccc2OC)cc1. The zero-order valence-corrected chi connectivity index (χ0v) is 20.9. The minimum atomic E-state index is -0.0279. The number of methoxy groups -OCH3 is 2. The lowest BCUT2D eigenvalue weighted by Gasteiger charge is -2.10. The normalized spacial score (nSPS) is 10.6. The number of amides is 1. The summed E-state index contributed by atoms with van der Waals surface area (Å²) < 4.78 is 18.4. The van der Waals surface area contributed by atoms with Gasteiger partial charge in [0, 0.05) is 24.7 Å². The fraction of sp³-hybridized carbons (Fsp3) is 0.241. The van der Waals surface area contributed by atoms with Crippen LogP contribution in [0, 0.1) is 0 Å². The maximum Gasteiger partial charge on any atom is 0.220 e. The van der Waals surface area contributed by atoms with Crippen LogP contribution in [0.25, 0.3) is 16.9 Å². The fourth-order valence-corrected chi connectivity index (χ4v) is 3.94. The molecule has 0 aliphatic rings. The number of benzene rings is 3. The summed E-state index contributed by atoms with van der Waals surface area (Å²) in [5, 5.41) is 7.87. The van der Waals surface area contributed by atoms with Crippen LogP contribution < -0.4 is 19.5 Å². The molecule has 0 atom stereocenters. The van der Waals surface area contributed by atoms with Crippen molar-refractivity contribution in [2.75, 3.05) is 20.8 Å². The average molecular weight is 486 g/mol. The molecule has 0 saturated carbocycles. The van der Waals surface area contributed by atoms with E-state index in [4.69, 9.17) is 19.3 Å². The Morgan fingerprint density at radius 1 is 0.944 bits per heavy atom. The predicted octanol–water partition coefficient (Wildman–Crippen LogP) is 5.20. The van der Waals surface area contributed by atoms with Crippen LogP contribution in [0.15, 0.2) is 79.0 Å². The van der Waals surface area contributed by atoms with Crippen molar-refractivity contribution >= 4 is 5.91 Å². The first kappa shape index (κ1) is 24.9. The van der Waals surface area contributed by atoms with Crippen LogP contribution in [0.4, 0.5) is 0 Å². The molecule has 0 radical (unpaired) electrons. The van der Waals surface area contributed by atoms with E-state index >= 15 is 0 Å². The van der Waals surface area contributed by atoms with Gasteiger partial charge >= 0.3 is 0 Å². The largest absolute Gasteiger partial charge is 0.497 e. The summed E-state index contributed by atoms with van der Waals surface area (Å²) in [6.07, 6.45) is 2.83. The van der Waals surface area contributed by atoms with Crippen molar-refractivity contribution in [3.63, 3.8) is 0 Å². The number of carbonyl (C=O) groups is 1.